The summed E-state index contributed by atoms with van der Waals surface area (Å²) in [5.74, 6) is 0.159. The molecule has 1 fully saturated rings. The normalized spacial score (nSPS) is 24.3. The summed E-state index contributed by atoms with van der Waals surface area (Å²) in [6.45, 7) is 0.578. The summed E-state index contributed by atoms with van der Waals surface area (Å²) < 4.78 is 0. The summed E-state index contributed by atoms with van der Waals surface area (Å²) in [5.41, 5.74) is 0.681. The third-order valence-corrected chi connectivity index (χ3v) is 3.68. The fourth-order valence-corrected chi connectivity index (χ4v) is 2.52. The van der Waals surface area contributed by atoms with Crippen molar-refractivity contribution in [3.63, 3.8) is 0 Å². The Labute approximate surface area is 108 Å². The van der Waals surface area contributed by atoms with Crippen molar-refractivity contribution >= 4 is 5.91 Å². The Morgan fingerprint density at radius 1 is 1.17 bits per heavy atom. The topological polar surface area (TPSA) is 49.3 Å². The van der Waals surface area contributed by atoms with E-state index in [1.54, 1.807) is 12.1 Å². The summed E-state index contributed by atoms with van der Waals surface area (Å²) in [4.78, 5) is 11.9. The standard InChI is InChI=1S/C15H21NO2/c17-14-10-6-2-5-9-13(14)11-16-15(18)12-7-3-1-4-8-12/h1,3-4,7-8,13-14,17H,2,5-6,9-11H2,(H,16,18)/t13-,14-/m0/s1. The van der Waals surface area contributed by atoms with Crippen molar-refractivity contribution in [1.82, 2.24) is 5.32 Å². The van der Waals surface area contributed by atoms with Gasteiger partial charge in [-0.05, 0) is 25.0 Å². The Bertz CT molecular complexity index is 377. The minimum Gasteiger partial charge on any atom is -0.393 e. The number of rotatable bonds is 3. The number of benzene rings is 1. The molecule has 1 aliphatic carbocycles. The van der Waals surface area contributed by atoms with Gasteiger partial charge in [0.15, 0.2) is 0 Å². The third-order valence-electron chi connectivity index (χ3n) is 3.68. The highest BCUT2D eigenvalue weighted by molar-refractivity contribution is 5.94. The Morgan fingerprint density at radius 2 is 1.89 bits per heavy atom. The molecule has 1 amide bonds. The lowest BCUT2D eigenvalue weighted by Gasteiger charge is -2.20. The Balaban J connectivity index is 1.85. The van der Waals surface area contributed by atoms with Gasteiger partial charge >= 0.3 is 0 Å². The van der Waals surface area contributed by atoms with Crippen LogP contribution in [-0.4, -0.2) is 23.7 Å². The second kappa shape index (κ2) is 6.55. The first-order valence-corrected chi connectivity index (χ1v) is 6.78. The molecule has 0 spiro atoms. The van der Waals surface area contributed by atoms with Gasteiger partial charge in [-0.25, -0.2) is 0 Å². The van der Waals surface area contributed by atoms with Crippen molar-refractivity contribution in [3.8, 4) is 0 Å². The van der Waals surface area contributed by atoms with Gasteiger partial charge in [-0.2, -0.15) is 0 Å². The summed E-state index contributed by atoms with van der Waals surface area (Å²) >= 11 is 0. The highest BCUT2D eigenvalue weighted by Crippen LogP contribution is 2.22. The molecule has 3 nitrogen and oxygen atoms in total. The maximum Gasteiger partial charge on any atom is 0.251 e. The number of hydrogen-bond acceptors (Lipinski definition) is 2. The van der Waals surface area contributed by atoms with Crippen LogP contribution in [0, 0.1) is 5.92 Å². The molecule has 0 unspecified atom stereocenters. The van der Waals surface area contributed by atoms with Gasteiger partial charge in [0.25, 0.3) is 5.91 Å². The van der Waals surface area contributed by atoms with E-state index in [1.807, 2.05) is 18.2 Å². The molecule has 0 saturated heterocycles. The molecule has 2 rings (SSSR count). The van der Waals surface area contributed by atoms with Crippen molar-refractivity contribution in [2.24, 2.45) is 5.92 Å². The van der Waals surface area contributed by atoms with E-state index >= 15 is 0 Å². The highest BCUT2D eigenvalue weighted by Gasteiger charge is 2.22. The minimum absolute atomic E-state index is 0.0490. The number of carbonyl (C=O) groups excluding carboxylic acids is 1. The third kappa shape index (κ3) is 3.57. The monoisotopic (exact) mass is 247 g/mol. The SMILES string of the molecule is O=C(NC[C@@H]1CCCCC[C@@H]1O)c1ccccc1. The van der Waals surface area contributed by atoms with E-state index in [1.165, 1.54) is 6.42 Å². The van der Waals surface area contributed by atoms with Gasteiger partial charge in [-0.3, -0.25) is 4.79 Å². The molecule has 2 N–H and O–H groups in total. The average Bonchev–Trinajstić information content (AvgIpc) is 2.62. The van der Waals surface area contributed by atoms with Crippen molar-refractivity contribution < 1.29 is 9.90 Å². The predicted octanol–water partition coefficient (Wildman–Crippen LogP) is 2.36. The first kappa shape index (κ1) is 13.1. The molecule has 0 bridgehead atoms. The molecule has 0 aromatic heterocycles. The van der Waals surface area contributed by atoms with E-state index in [0.717, 1.165) is 25.7 Å². The van der Waals surface area contributed by atoms with E-state index in [2.05, 4.69) is 5.32 Å². The number of carbonyl (C=O) groups is 1. The number of aliphatic hydroxyl groups excluding tert-OH is 1. The van der Waals surface area contributed by atoms with E-state index in [9.17, 15) is 9.90 Å². The molecule has 1 aliphatic rings. The van der Waals surface area contributed by atoms with Gasteiger partial charge in [0, 0.05) is 18.0 Å². The molecule has 18 heavy (non-hydrogen) atoms. The van der Waals surface area contributed by atoms with Crippen LogP contribution in [0.4, 0.5) is 0 Å². The van der Waals surface area contributed by atoms with Crippen LogP contribution in [0.2, 0.25) is 0 Å². The van der Waals surface area contributed by atoms with Gasteiger partial charge in [0.2, 0.25) is 0 Å². The fourth-order valence-electron chi connectivity index (χ4n) is 2.52. The van der Waals surface area contributed by atoms with Crippen LogP contribution in [-0.2, 0) is 0 Å². The first-order chi connectivity index (χ1) is 8.77. The number of aliphatic hydroxyl groups is 1. The van der Waals surface area contributed by atoms with Crippen molar-refractivity contribution in [3.05, 3.63) is 35.9 Å². The zero-order valence-corrected chi connectivity index (χ0v) is 10.6. The molecule has 98 valence electrons. The Kier molecular flexibility index (Phi) is 4.76. The van der Waals surface area contributed by atoms with Crippen LogP contribution in [0.15, 0.2) is 30.3 Å². The minimum atomic E-state index is -0.261. The second-order valence-electron chi connectivity index (χ2n) is 5.04. The summed E-state index contributed by atoms with van der Waals surface area (Å²) in [5, 5.41) is 12.9. The van der Waals surface area contributed by atoms with E-state index in [4.69, 9.17) is 0 Å². The van der Waals surface area contributed by atoms with Crippen molar-refractivity contribution in [1.29, 1.82) is 0 Å². The molecule has 2 atom stereocenters. The maximum atomic E-state index is 11.9. The molecular formula is C15H21NO2. The van der Waals surface area contributed by atoms with Crippen LogP contribution in [0.1, 0.15) is 42.5 Å². The lowest BCUT2D eigenvalue weighted by molar-refractivity contribution is 0.0854. The van der Waals surface area contributed by atoms with Gasteiger partial charge in [-0.1, -0.05) is 37.5 Å². The fraction of sp³-hybridized carbons (Fsp3) is 0.533. The number of nitrogens with one attached hydrogen (secondary N) is 1. The zero-order valence-electron chi connectivity index (χ0n) is 10.6. The highest BCUT2D eigenvalue weighted by atomic mass is 16.3. The molecule has 1 aromatic rings. The van der Waals surface area contributed by atoms with E-state index in [-0.39, 0.29) is 17.9 Å². The molecule has 1 saturated carbocycles. The van der Waals surface area contributed by atoms with Crippen molar-refractivity contribution in [2.45, 2.75) is 38.2 Å². The number of amides is 1. The Hall–Kier alpha value is -1.35. The smallest absolute Gasteiger partial charge is 0.251 e. The van der Waals surface area contributed by atoms with Gasteiger partial charge in [0.1, 0.15) is 0 Å². The summed E-state index contributed by atoms with van der Waals surface area (Å²) in [6, 6.07) is 9.22. The zero-order chi connectivity index (χ0) is 12.8. The van der Waals surface area contributed by atoms with E-state index < -0.39 is 0 Å². The first-order valence-electron chi connectivity index (χ1n) is 6.78. The largest absolute Gasteiger partial charge is 0.393 e. The second-order valence-corrected chi connectivity index (χ2v) is 5.04. The molecule has 0 radical (unpaired) electrons. The van der Waals surface area contributed by atoms with Gasteiger partial charge < -0.3 is 10.4 Å². The average molecular weight is 247 g/mol. The van der Waals surface area contributed by atoms with Gasteiger partial charge in [0.05, 0.1) is 6.10 Å². The summed E-state index contributed by atoms with van der Waals surface area (Å²) in [6.07, 6.45) is 5.07. The Morgan fingerprint density at radius 3 is 2.67 bits per heavy atom. The maximum absolute atomic E-state index is 11.9. The molecule has 0 heterocycles. The lowest BCUT2D eigenvalue weighted by Crippen LogP contribution is -2.34. The molecular weight excluding hydrogens is 226 g/mol. The van der Waals surface area contributed by atoms with Crippen LogP contribution in [0.3, 0.4) is 0 Å². The van der Waals surface area contributed by atoms with Crippen LogP contribution in [0.25, 0.3) is 0 Å². The molecule has 0 aliphatic heterocycles. The summed E-state index contributed by atoms with van der Waals surface area (Å²) in [7, 11) is 0. The lowest BCUT2D eigenvalue weighted by atomic mass is 9.97. The van der Waals surface area contributed by atoms with Crippen LogP contribution < -0.4 is 5.32 Å². The van der Waals surface area contributed by atoms with Crippen LogP contribution >= 0.6 is 0 Å². The van der Waals surface area contributed by atoms with Crippen LogP contribution in [0.5, 0.6) is 0 Å². The number of hydrogen-bond donors (Lipinski definition) is 2. The predicted molar refractivity (Wildman–Crippen MR) is 71.4 cm³/mol. The quantitative estimate of drug-likeness (QED) is 0.806. The van der Waals surface area contributed by atoms with E-state index in [0.29, 0.717) is 12.1 Å². The van der Waals surface area contributed by atoms with Crippen molar-refractivity contribution in [2.75, 3.05) is 6.54 Å². The van der Waals surface area contributed by atoms with Gasteiger partial charge in [-0.15, -0.1) is 0 Å². The molecule has 3 heteroatoms. The molecule has 1 aromatic carbocycles.